The molecule has 0 fully saturated rings. The van der Waals surface area contributed by atoms with Gasteiger partial charge < -0.3 is 5.32 Å². The summed E-state index contributed by atoms with van der Waals surface area (Å²) in [5.74, 6) is 0. The fourth-order valence-corrected chi connectivity index (χ4v) is 1.10. The Morgan fingerprint density at radius 3 is 2.67 bits per heavy atom. The minimum atomic E-state index is -4.30. The average Bonchev–Trinajstić information content (AvgIpc) is 2.61. The van der Waals surface area contributed by atoms with E-state index in [2.05, 4.69) is 10.4 Å². The summed E-state index contributed by atoms with van der Waals surface area (Å²) >= 11 is 0. The third-order valence-electron chi connectivity index (χ3n) is 2.24. The van der Waals surface area contributed by atoms with Gasteiger partial charge in [0.05, 0.1) is 11.8 Å². The van der Waals surface area contributed by atoms with E-state index in [0.29, 0.717) is 6.54 Å². The molecular weight excluding hydrogens is 207 g/mol. The molecule has 1 rings (SSSR count). The lowest BCUT2D eigenvalue weighted by atomic mass is 10.2. The van der Waals surface area contributed by atoms with Crippen molar-refractivity contribution in [3.05, 3.63) is 18.0 Å². The predicted octanol–water partition coefficient (Wildman–Crippen LogP) is 1.90. The van der Waals surface area contributed by atoms with Gasteiger partial charge in [-0.2, -0.15) is 18.3 Å². The maximum atomic E-state index is 12.2. The van der Waals surface area contributed by atoms with E-state index in [9.17, 15) is 13.2 Å². The lowest BCUT2D eigenvalue weighted by Gasteiger charge is -2.09. The molecule has 0 aliphatic rings. The van der Waals surface area contributed by atoms with E-state index in [1.54, 1.807) is 0 Å². The normalized spacial score (nSPS) is 14.2. The average molecular weight is 221 g/mol. The number of halogens is 3. The van der Waals surface area contributed by atoms with Gasteiger partial charge >= 0.3 is 6.18 Å². The van der Waals surface area contributed by atoms with Gasteiger partial charge in [-0.05, 0) is 20.4 Å². The second kappa shape index (κ2) is 4.65. The lowest BCUT2D eigenvalue weighted by molar-refractivity contribution is -0.137. The molecule has 0 amide bonds. The highest BCUT2D eigenvalue weighted by Gasteiger charge is 2.32. The number of hydrogen-bond donors (Lipinski definition) is 1. The van der Waals surface area contributed by atoms with Crippen LogP contribution in [0.2, 0.25) is 0 Å². The Balaban J connectivity index is 2.54. The van der Waals surface area contributed by atoms with Gasteiger partial charge in [0.1, 0.15) is 0 Å². The van der Waals surface area contributed by atoms with Crippen molar-refractivity contribution in [3.8, 4) is 0 Å². The summed E-state index contributed by atoms with van der Waals surface area (Å²) in [5, 5.41) is 6.67. The maximum Gasteiger partial charge on any atom is 0.419 e. The first-order chi connectivity index (χ1) is 6.93. The minimum absolute atomic E-state index is 0.267. The van der Waals surface area contributed by atoms with E-state index in [1.165, 1.54) is 4.68 Å². The number of nitrogens with one attached hydrogen (secondary N) is 1. The number of aromatic nitrogens is 2. The van der Waals surface area contributed by atoms with Gasteiger partial charge in [0.15, 0.2) is 0 Å². The summed E-state index contributed by atoms with van der Waals surface area (Å²) in [4.78, 5) is 0. The summed E-state index contributed by atoms with van der Waals surface area (Å²) < 4.78 is 37.9. The molecule has 0 aromatic carbocycles. The van der Waals surface area contributed by atoms with Crippen LogP contribution in [0.25, 0.3) is 0 Å². The van der Waals surface area contributed by atoms with Crippen LogP contribution in [-0.2, 0) is 12.7 Å². The highest BCUT2D eigenvalue weighted by Crippen LogP contribution is 2.28. The van der Waals surface area contributed by atoms with Crippen molar-refractivity contribution < 1.29 is 13.2 Å². The van der Waals surface area contributed by atoms with Crippen LogP contribution in [-0.4, -0.2) is 22.9 Å². The fraction of sp³-hybridized carbons (Fsp3) is 0.667. The van der Waals surface area contributed by atoms with Crippen molar-refractivity contribution >= 4 is 0 Å². The Morgan fingerprint density at radius 2 is 2.20 bits per heavy atom. The molecule has 1 heterocycles. The van der Waals surface area contributed by atoms with Crippen molar-refractivity contribution in [1.82, 2.24) is 15.1 Å². The predicted molar refractivity (Wildman–Crippen MR) is 50.4 cm³/mol. The summed E-state index contributed by atoms with van der Waals surface area (Å²) in [7, 11) is 1.81. The lowest BCUT2D eigenvalue weighted by Crippen LogP contribution is -2.22. The number of aryl methyl sites for hydroxylation is 1. The van der Waals surface area contributed by atoms with Gasteiger partial charge in [0, 0.05) is 18.8 Å². The fourth-order valence-electron chi connectivity index (χ4n) is 1.10. The second-order valence-corrected chi connectivity index (χ2v) is 3.47. The van der Waals surface area contributed by atoms with Crippen molar-refractivity contribution in [1.29, 1.82) is 0 Å². The van der Waals surface area contributed by atoms with E-state index in [4.69, 9.17) is 0 Å². The van der Waals surface area contributed by atoms with Crippen LogP contribution in [0.15, 0.2) is 12.4 Å². The topological polar surface area (TPSA) is 29.9 Å². The van der Waals surface area contributed by atoms with Gasteiger partial charge in [-0.15, -0.1) is 0 Å². The van der Waals surface area contributed by atoms with Crippen LogP contribution in [0.3, 0.4) is 0 Å². The molecule has 86 valence electrons. The molecule has 6 heteroatoms. The third kappa shape index (κ3) is 3.54. The van der Waals surface area contributed by atoms with Crippen LogP contribution in [0.1, 0.15) is 18.9 Å². The number of nitrogens with zero attached hydrogens (tertiary/aromatic N) is 2. The molecule has 1 aromatic heterocycles. The standard InChI is InChI=1S/C9H14F3N3/c1-7(13-2)3-4-15-6-8(5-14-15)9(10,11)12/h5-7,13H,3-4H2,1-2H3. The first kappa shape index (κ1) is 12.0. The summed E-state index contributed by atoms with van der Waals surface area (Å²) in [5.41, 5.74) is -0.695. The summed E-state index contributed by atoms with van der Waals surface area (Å²) in [6.45, 7) is 2.45. The maximum absolute atomic E-state index is 12.2. The van der Waals surface area contributed by atoms with Gasteiger partial charge in [0.2, 0.25) is 0 Å². The third-order valence-corrected chi connectivity index (χ3v) is 2.24. The molecule has 1 unspecified atom stereocenters. The highest BCUT2D eigenvalue weighted by molar-refractivity contribution is 5.08. The van der Waals surface area contributed by atoms with Crippen molar-refractivity contribution in [2.75, 3.05) is 7.05 Å². The molecule has 0 aliphatic heterocycles. The SMILES string of the molecule is CNC(C)CCn1cc(C(F)(F)F)cn1. The van der Waals surface area contributed by atoms with E-state index in [0.717, 1.165) is 18.8 Å². The van der Waals surface area contributed by atoms with Crippen LogP contribution in [0.5, 0.6) is 0 Å². The quantitative estimate of drug-likeness (QED) is 0.841. The first-order valence-corrected chi connectivity index (χ1v) is 4.70. The second-order valence-electron chi connectivity index (χ2n) is 3.47. The Hall–Kier alpha value is -1.04. The monoisotopic (exact) mass is 221 g/mol. The highest BCUT2D eigenvalue weighted by atomic mass is 19.4. The van der Waals surface area contributed by atoms with Crippen LogP contribution >= 0.6 is 0 Å². The molecule has 3 nitrogen and oxygen atoms in total. The summed E-state index contributed by atoms with van der Waals surface area (Å²) in [6, 6.07) is 0.267. The zero-order valence-electron chi connectivity index (χ0n) is 8.67. The molecule has 1 N–H and O–H groups in total. The van der Waals surface area contributed by atoms with Crippen molar-refractivity contribution in [2.24, 2.45) is 0 Å². The van der Waals surface area contributed by atoms with Gasteiger partial charge in [-0.1, -0.05) is 0 Å². The Bertz CT molecular complexity index is 306. The zero-order chi connectivity index (χ0) is 11.5. The number of alkyl halides is 3. The zero-order valence-corrected chi connectivity index (χ0v) is 8.67. The van der Waals surface area contributed by atoms with Crippen LogP contribution in [0, 0.1) is 0 Å². The Kier molecular flexibility index (Phi) is 3.73. The number of rotatable bonds is 4. The van der Waals surface area contributed by atoms with Gasteiger partial charge in [0.25, 0.3) is 0 Å². The van der Waals surface area contributed by atoms with Crippen molar-refractivity contribution in [2.45, 2.75) is 32.1 Å². The first-order valence-electron chi connectivity index (χ1n) is 4.70. The molecule has 1 aromatic rings. The van der Waals surface area contributed by atoms with E-state index >= 15 is 0 Å². The van der Waals surface area contributed by atoms with E-state index < -0.39 is 11.7 Å². The molecule has 0 aliphatic carbocycles. The van der Waals surface area contributed by atoms with Crippen molar-refractivity contribution in [3.63, 3.8) is 0 Å². The molecule has 1 atom stereocenters. The Labute approximate surface area is 86.3 Å². The smallest absolute Gasteiger partial charge is 0.317 e. The van der Waals surface area contributed by atoms with Gasteiger partial charge in [-0.25, -0.2) is 0 Å². The molecule has 0 spiro atoms. The minimum Gasteiger partial charge on any atom is -0.317 e. The molecule has 15 heavy (non-hydrogen) atoms. The van der Waals surface area contributed by atoms with Crippen LogP contribution < -0.4 is 5.32 Å². The Morgan fingerprint density at radius 1 is 1.53 bits per heavy atom. The molecule has 0 saturated carbocycles. The summed E-state index contributed by atoms with van der Waals surface area (Å²) in [6.07, 6.45) is -1.67. The largest absolute Gasteiger partial charge is 0.419 e. The van der Waals surface area contributed by atoms with E-state index in [1.807, 2.05) is 14.0 Å². The molecule has 0 bridgehead atoms. The van der Waals surface area contributed by atoms with Crippen LogP contribution in [0.4, 0.5) is 13.2 Å². The van der Waals surface area contributed by atoms with Gasteiger partial charge in [-0.3, -0.25) is 4.68 Å². The molecular formula is C9H14F3N3. The van der Waals surface area contributed by atoms with E-state index in [-0.39, 0.29) is 6.04 Å². The number of hydrogen-bond acceptors (Lipinski definition) is 2. The molecule has 0 radical (unpaired) electrons. The molecule has 0 saturated heterocycles.